The number of ether oxygens (including phenoxy) is 1. The summed E-state index contributed by atoms with van der Waals surface area (Å²) in [7, 11) is 0. The fraction of sp³-hybridized carbons (Fsp3) is 0.385. The van der Waals surface area contributed by atoms with Crippen LogP contribution in [-0.4, -0.2) is 30.3 Å². The minimum absolute atomic E-state index is 0.304. The van der Waals surface area contributed by atoms with E-state index < -0.39 is 18.6 Å². The second kappa shape index (κ2) is 8.11. The zero-order valence-electron chi connectivity index (χ0n) is 10.1. The Morgan fingerprint density at radius 3 is 2.56 bits per heavy atom. The van der Waals surface area contributed by atoms with Crippen molar-refractivity contribution in [1.29, 1.82) is 0 Å². The van der Waals surface area contributed by atoms with Crippen LogP contribution in [0.5, 0.6) is 0 Å². The minimum atomic E-state index is -1.09. The first-order chi connectivity index (χ1) is 8.68. The van der Waals surface area contributed by atoms with E-state index in [1.54, 1.807) is 0 Å². The van der Waals surface area contributed by atoms with E-state index in [1.165, 1.54) is 5.56 Å². The number of aliphatic carboxylic acids is 1. The molecule has 98 valence electrons. The Balaban J connectivity index is 2.02. The number of nitrogens with one attached hydrogen (secondary N) is 1. The molecule has 0 aromatic heterocycles. The first kappa shape index (κ1) is 14.0. The van der Waals surface area contributed by atoms with Crippen LogP contribution >= 0.6 is 0 Å². The lowest BCUT2D eigenvalue weighted by atomic mass is 10.1. The van der Waals surface area contributed by atoms with Crippen molar-refractivity contribution < 1.29 is 19.4 Å². The van der Waals surface area contributed by atoms with Crippen LogP contribution in [0.3, 0.4) is 0 Å². The van der Waals surface area contributed by atoms with Crippen LogP contribution in [0.4, 0.5) is 4.79 Å². The largest absolute Gasteiger partial charge is 0.480 e. The van der Waals surface area contributed by atoms with Gasteiger partial charge in [0, 0.05) is 0 Å². The van der Waals surface area contributed by atoms with Crippen molar-refractivity contribution in [2.24, 2.45) is 0 Å². The monoisotopic (exact) mass is 251 g/mol. The van der Waals surface area contributed by atoms with E-state index >= 15 is 0 Å². The molecule has 1 rings (SSSR count). The number of carboxylic acids is 1. The molecule has 0 fully saturated rings. The maximum atomic E-state index is 11.0. The zero-order chi connectivity index (χ0) is 13.2. The van der Waals surface area contributed by atoms with Gasteiger partial charge in [-0.15, -0.1) is 0 Å². The number of amides is 1. The number of carboxylic acid groups (broad SMARTS) is 1. The van der Waals surface area contributed by atoms with Gasteiger partial charge >= 0.3 is 12.1 Å². The van der Waals surface area contributed by atoms with Gasteiger partial charge < -0.3 is 15.2 Å². The maximum absolute atomic E-state index is 11.0. The van der Waals surface area contributed by atoms with Crippen molar-refractivity contribution in [2.45, 2.75) is 19.3 Å². The van der Waals surface area contributed by atoms with Crippen molar-refractivity contribution in [3.63, 3.8) is 0 Å². The standard InChI is InChI=1S/C13H17NO4/c15-12(16)10-14-13(17)18-9-5-4-8-11-6-2-1-3-7-11/h1-3,6-7H,4-5,8-10H2,(H,14,17)(H,15,16). The third-order valence-electron chi connectivity index (χ3n) is 2.32. The van der Waals surface area contributed by atoms with Gasteiger partial charge in [-0.25, -0.2) is 4.79 Å². The van der Waals surface area contributed by atoms with Crippen LogP contribution in [0.25, 0.3) is 0 Å². The van der Waals surface area contributed by atoms with Gasteiger partial charge in [0.1, 0.15) is 6.54 Å². The highest BCUT2D eigenvalue weighted by atomic mass is 16.5. The Morgan fingerprint density at radius 2 is 1.89 bits per heavy atom. The Labute approximate surface area is 106 Å². The average molecular weight is 251 g/mol. The minimum Gasteiger partial charge on any atom is -0.480 e. The Morgan fingerprint density at radius 1 is 1.17 bits per heavy atom. The highest BCUT2D eigenvalue weighted by Gasteiger charge is 2.03. The number of aryl methyl sites for hydroxylation is 1. The molecule has 18 heavy (non-hydrogen) atoms. The summed E-state index contributed by atoms with van der Waals surface area (Å²) >= 11 is 0. The molecular weight excluding hydrogens is 234 g/mol. The van der Waals surface area contributed by atoms with Crippen LogP contribution in [-0.2, 0) is 16.0 Å². The number of carbonyl (C=O) groups is 2. The van der Waals surface area contributed by atoms with E-state index in [9.17, 15) is 9.59 Å². The van der Waals surface area contributed by atoms with Crippen LogP contribution in [0.1, 0.15) is 18.4 Å². The summed E-state index contributed by atoms with van der Waals surface area (Å²) in [6.45, 7) is -0.110. The van der Waals surface area contributed by atoms with Crippen LogP contribution in [0.15, 0.2) is 30.3 Å². The number of hydrogen-bond donors (Lipinski definition) is 2. The van der Waals surface area contributed by atoms with E-state index in [0.717, 1.165) is 19.3 Å². The summed E-state index contributed by atoms with van der Waals surface area (Å²) in [6.07, 6.45) is 1.95. The topological polar surface area (TPSA) is 75.6 Å². The number of unbranched alkanes of at least 4 members (excludes halogenated alkanes) is 1. The molecule has 0 unspecified atom stereocenters. The smallest absolute Gasteiger partial charge is 0.407 e. The first-order valence-corrected chi connectivity index (χ1v) is 5.85. The normalized spacial score (nSPS) is 9.78. The molecule has 2 N–H and O–H groups in total. The molecule has 5 heteroatoms. The van der Waals surface area contributed by atoms with Gasteiger partial charge in [-0.2, -0.15) is 0 Å². The van der Waals surface area contributed by atoms with Gasteiger partial charge in [0.15, 0.2) is 0 Å². The van der Waals surface area contributed by atoms with Crippen LogP contribution < -0.4 is 5.32 Å². The van der Waals surface area contributed by atoms with E-state index in [2.05, 4.69) is 17.4 Å². The molecule has 0 aliphatic rings. The SMILES string of the molecule is O=C(O)CNC(=O)OCCCCc1ccccc1. The molecule has 0 saturated carbocycles. The lowest BCUT2D eigenvalue weighted by Crippen LogP contribution is -2.30. The molecule has 1 aromatic rings. The van der Waals surface area contributed by atoms with Crippen molar-refractivity contribution in [2.75, 3.05) is 13.2 Å². The highest BCUT2D eigenvalue weighted by molar-refractivity contribution is 5.76. The third-order valence-corrected chi connectivity index (χ3v) is 2.32. The molecule has 0 atom stereocenters. The van der Waals surface area contributed by atoms with Gasteiger partial charge in [-0.1, -0.05) is 30.3 Å². The summed E-state index contributed by atoms with van der Waals surface area (Å²) < 4.78 is 4.82. The van der Waals surface area contributed by atoms with Crippen LogP contribution in [0.2, 0.25) is 0 Å². The maximum Gasteiger partial charge on any atom is 0.407 e. The molecule has 0 saturated heterocycles. The molecule has 0 radical (unpaired) electrons. The number of rotatable bonds is 7. The molecule has 0 bridgehead atoms. The lowest BCUT2D eigenvalue weighted by Gasteiger charge is -2.05. The van der Waals surface area contributed by atoms with E-state index in [0.29, 0.717) is 6.61 Å². The van der Waals surface area contributed by atoms with Gasteiger partial charge in [-0.05, 0) is 24.8 Å². The fourth-order valence-corrected chi connectivity index (χ4v) is 1.44. The highest BCUT2D eigenvalue weighted by Crippen LogP contribution is 2.04. The fourth-order valence-electron chi connectivity index (χ4n) is 1.44. The molecular formula is C13H17NO4. The van der Waals surface area contributed by atoms with Crippen molar-refractivity contribution in [1.82, 2.24) is 5.32 Å². The van der Waals surface area contributed by atoms with E-state index in [1.807, 2.05) is 18.2 Å². The Kier molecular flexibility index (Phi) is 6.32. The first-order valence-electron chi connectivity index (χ1n) is 5.85. The molecule has 0 aliphatic carbocycles. The molecule has 1 amide bonds. The number of carbonyl (C=O) groups excluding carboxylic acids is 1. The predicted octanol–water partition coefficient (Wildman–Crippen LogP) is 1.82. The van der Waals surface area contributed by atoms with Gasteiger partial charge in [0.05, 0.1) is 6.61 Å². The van der Waals surface area contributed by atoms with Crippen molar-refractivity contribution in [3.05, 3.63) is 35.9 Å². The number of alkyl carbamates (subject to hydrolysis) is 1. The van der Waals surface area contributed by atoms with Crippen molar-refractivity contribution in [3.8, 4) is 0 Å². The lowest BCUT2D eigenvalue weighted by molar-refractivity contribution is -0.135. The Bertz CT molecular complexity index is 378. The summed E-state index contributed by atoms with van der Waals surface area (Å²) in [5.74, 6) is -1.09. The van der Waals surface area contributed by atoms with Gasteiger partial charge in [0.25, 0.3) is 0 Å². The summed E-state index contributed by atoms with van der Waals surface area (Å²) in [4.78, 5) is 21.2. The predicted molar refractivity (Wildman–Crippen MR) is 66.4 cm³/mol. The second-order valence-electron chi connectivity index (χ2n) is 3.83. The quantitative estimate of drug-likeness (QED) is 0.725. The third kappa shape index (κ3) is 6.52. The zero-order valence-corrected chi connectivity index (χ0v) is 10.1. The Hall–Kier alpha value is -2.04. The van der Waals surface area contributed by atoms with Gasteiger partial charge in [-0.3, -0.25) is 4.79 Å². The van der Waals surface area contributed by atoms with E-state index in [4.69, 9.17) is 9.84 Å². The number of hydrogen-bond acceptors (Lipinski definition) is 3. The van der Waals surface area contributed by atoms with Gasteiger partial charge in [0.2, 0.25) is 0 Å². The number of benzene rings is 1. The summed E-state index contributed by atoms with van der Waals surface area (Å²) in [5, 5.41) is 10.5. The molecule has 1 aromatic carbocycles. The summed E-state index contributed by atoms with van der Waals surface area (Å²) in [5.41, 5.74) is 1.26. The van der Waals surface area contributed by atoms with Crippen molar-refractivity contribution >= 4 is 12.1 Å². The second-order valence-corrected chi connectivity index (χ2v) is 3.83. The van der Waals surface area contributed by atoms with Crippen LogP contribution in [0, 0.1) is 0 Å². The molecule has 0 aliphatic heterocycles. The molecule has 5 nitrogen and oxygen atoms in total. The average Bonchev–Trinajstić information content (AvgIpc) is 2.37. The van der Waals surface area contributed by atoms with E-state index in [-0.39, 0.29) is 0 Å². The summed E-state index contributed by atoms with van der Waals surface area (Å²) in [6, 6.07) is 10.1. The molecule has 0 heterocycles. The molecule has 0 spiro atoms.